The molecule has 1 aliphatic rings. The molecule has 2 N–H and O–H groups in total. The van der Waals surface area contributed by atoms with Gasteiger partial charge >= 0.3 is 0 Å². The Morgan fingerprint density at radius 3 is 2.89 bits per heavy atom. The lowest BCUT2D eigenvalue weighted by Crippen LogP contribution is -2.42. The second-order valence-corrected chi connectivity index (χ2v) is 5.35. The number of nitrogens with zero attached hydrogens (tertiary/aromatic N) is 3. The number of hydrogen-bond donors (Lipinski definition) is 1. The molecular weight excluding hydrogens is 224 g/mol. The number of likely N-dealkylation sites (tertiary alicyclic amines) is 1. The van der Waals surface area contributed by atoms with Crippen molar-refractivity contribution in [1.82, 2.24) is 14.5 Å². The molecule has 1 saturated heterocycles. The second-order valence-electron chi connectivity index (χ2n) is 5.35. The summed E-state index contributed by atoms with van der Waals surface area (Å²) >= 11 is 0. The SMILES string of the molecule is CN1CC(N)CCC1c1nccc2c1ccn2C. The molecule has 0 radical (unpaired) electrons. The molecule has 2 aromatic rings. The fraction of sp³-hybridized carbons (Fsp3) is 0.500. The molecule has 0 amide bonds. The van der Waals surface area contributed by atoms with Crippen LogP contribution in [0.3, 0.4) is 0 Å². The molecule has 4 heteroatoms. The summed E-state index contributed by atoms with van der Waals surface area (Å²) in [5.41, 5.74) is 8.47. The molecule has 0 saturated carbocycles. The summed E-state index contributed by atoms with van der Waals surface area (Å²) in [6.07, 6.45) is 6.20. The average molecular weight is 244 g/mol. The first-order valence-corrected chi connectivity index (χ1v) is 6.52. The van der Waals surface area contributed by atoms with Gasteiger partial charge in [-0.1, -0.05) is 0 Å². The molecule has 0 spiro atoms. The number of likely N-dealkylation sites (N-methyl/N-ethyl adjacent to an activating group) is 1. The summed E-state index contributed by atoms with van der Waals surface area (Å²) in [4.78, 5) is 6.96. The van der Waals surface area contributed by atoms with E-state index in [1.807, 2.05) is 6.20 Å². The van der Waals surface area contributed by atoms with Gasteiger partial charge < -0.3 is 10.3 Å². The van der Waals surface area contributed by atoms with Crippen LogP contribution >= 0.6 is 0 Å². The quantitative estimate of drug-likeness (QED) is 0.830. The van der Waals surface area contributed by atoms with E-state index in [-0.39, 0.29) is 0 Å². The Hall–Kier alpha value is -1.39. The lowest BCUT2D eigenvalue weighted by Gasteiger charge is -2.35. The maximum Gasteiger partial charge on any atom is 0.0668 e. The zero-order valence-corrected chi connectivity index (χ0v) is 11.0. The predicted octanol–water partition coefficient (Wildman–Crippen LogP) is 1.67. The second kappa shape index (κ2) is 4.37. The van der Waals surface area contributed by atoms with Crippen LogP contribution in [-0.4, -0.2) is 34.1 Å². The number of piperidine rings is 1. The third-order valence-electron chi connectivity index (χ3n) is 4.02. The molecule has 0 aromatic carbocycles. The Bertz CT molecular complexity index is 560. The van der Waals surface area contributed by atoms with Crippen LogP contribution in [0, 0.1) is 0 Å². The maximum atomic E-state index is 6.02. The van der Waals surface area contributed by atoms with Crippen molar-refractivity contribution in [3.05, 3.63) is 30.2 Å². The lowest BCUT2D eigenvalue weighted by atomic mass is 9.95. The van der Waals surface area contributed by atoms with Gasteiger partial charge in [-0.3, -0.25) is 9.88 Å². The molecule has 3 heterocycles. The number of pyridine rings is 1. The number of fused-ring (bicyclic) bond motifs is 1. The van der Waals surface area contributed by atoms with Crippen LogP contribution in [0.15, 0.2) is 24.5 Å². The zero-order valence-electron chi connectivity index (χ0n) is 11.0. The van der Waals surface area contributed by atoms with E-state index in [9.17, 15) is 0 Å². The van der Waals surface area contributed by atoms with Crippen LogP contribution < -0.4 is 5.73 Å². The minimum atomic E-state index is 0.307. The zero-order chi connectivity index (χ0) is 12.7. The molecule has 18 heavy (non-hydrogen) atoms. The fourth-order valence-electron chi connectivity index (χ4n) is 3.02. The maximum absolute atomic E-state index is 6.02. The van der Waals surface area contributed by atoms with Crippen molar-refractivity contribution in [2.24, 2.45) is 12.8 Å². The summed E-state index contributed by atoms with van der Waals surface area (Å²) < 4.78 is 2.15. The summed E-state index contributed by atoms with van der Waals surface area (Å²) in [6, 6.07) is 4.95. The van der Waals surface area contributed by atoms with Gasteiger partial charge in [-0.15, -0.1) is 0 Å². The van der Waals surface area contributed by atoms with E-state index in [4.69, 9.17) is 5.73 Å². The van der Waals surface area contributed by atoms with Gasteiger partial charge in [0, 0.05) is 37.4 Å². The number of nitrogens with two attached hydrogens (primary N) is 1. The van der Waals surface area contributed by atoms with Crippen LogP contribution in [0.4, 0.5) is 0 Å². The molecular formula is C14H20N4. The van der Waals surface area contributed by atoms with Gasteiger partial charge in [0.1, 0.15) is 0 Å². The van der Waals surface area contributed by atoms with Gasteiger partial charge in [0.15, 0.2) is 0 Å². The highest BCUT2D eigenvalue weighted by Crippen LogP contribution is 2.32. The number of aryl methyl sites for hydroxylation is 1. The molecule has 2 atom stereocenters. The number of hydrogen-bond acceptors (Lipinski definition) is 3. The lowest BCUT2D eigenvalue weighted by molar-refractivity contribution is 0.167. The highest BCUT2D eigenvalue weighted by molar-refractivity contribution is 5.82. The van der Waals surface area contributed by atoms with Gasteiger partial charge in [0.25, 0.3) is 0 Å². The minimum absolute atomic E-state index is 0.307. The molecule has 2 aromatic heterocycles. The molecule has 0 bridgehead atoms. The first-order chi connectivity index (χ1) is 8.66. The van der Waals surface area contributed by atoms with Crippen molar-refractivity contribution in [2.75, 3.05) is 13.6 Å². The number of aromatic nitrogens is 2. The van der Waals surface area contributed by atoms with Crippen LogP contribution in [0.1, 0.15) is 24.6 Å². The van der Waals surface area contributed by atoms with Crippen molar-refractivity contribution < 1.29 is 0 Å². The van der Waals surface area contributed by atoms with E-state index in [0.29, 0.717) is 12.1 Å². The molecule has 0 aliphatic carbocycles. The van der Waals surface area contributed by atoms with Crippen LogP contribution in [0.25, 0.3) is 10.9 Å². The smallest absolute Gasteiger partial charge is 0.0668 e. The molecule has 1 fully saturated rings. The summed E-state index contributed by atoms with van der Waals surface area (Å²) in [5, 5.41) is 1.27. The van der Waals surface area contributed by atoms with Crippen molar-refractivity contribution in [2.45, 2.75) is 24.9 Å². The van der Waals surface area contributed by atoms with E-state index in [1.54, 1.807) is 0 Å². The Labute approximate surface area is 107 Å². The van der Waals surface area contributed by atoms with Crippen molar-refractivity contribution >= 4 is 10.9 Å². The largest absolute Gasteiger partial charge is 0.350 e. The topological polar surface area (TPSA) is 47.1 Å². The summed E-state index contributed by atoms with van der Waals surface area (Å²) in [7, 11) is 4.22. The van der Waals surface area contributed by atoms with Gasteiger partial charge in [0.05, 0.1) is 17.3 Å². The Kier molecular flexibility index (Phi) is 2.84. The molecule has 2 unspecified atom stereocenters. The monoisotopic (exact) mass is 244 g/mol. The molecule has 4 nitrogen and oxygen atoms in total. The van der Waals surface area contributed by atoms with E-state index in [1.165, 1.54) is 16.6 Å². The van der Waals surface area contributed by atoms with Gasteiger partial charge in [-0.05, 0) is 32.0 Å². The van der Waals surface area contributed by atoms with Gasteiger partial charge in [-0.2, -0.15) is 0 Å². The van der Waals surface area contributed by atoms with Crippen molar-refractivity contribution in [1.29, 1.82) is 0 Å². The van der Waals surface area contributed by atoms with Crippen molar-refractivity contribution in [3.63, 3.8) is 0 Å². The highest BCUT2D eigenvalue weighted by atomic mass is 15.2. The Morgan fingerprint density at radius 2 is 2.11 bits per heavy atom. The third kappa shape index (κ3) is 1.82. The van der Waals surface area contributed by atoms with E-state index in [0.717, 1.165) is 19.4 Å². The Balaban J connectivity index is 2.04. The predicted molar refractivity (Wildman–Crippen MR) is 73.3 cm³/mol. The van der Waals surface area contributed by atoms with Gasteiger partial charge in [0.2, 0.25) is 0 Å². The summed E-state index contributed by atoms with van der Waals surface area (Å²) in [5.74, 6) is 0. The van der Waals surface area contributed by atoms with Crippen LogP contribution in [0.5, 0.6) is 0 Å². The van der Waals surface area contributed by atoms with Crippen molar-refractivity contribution in [3.8, 4) is 0 Å². The first kappa shape index (κ1) is 11.7. The van der Waals surface area contributed by atoms with Gasteiger partial charge in [-0.25, -0.2) is 0 Å². The van der Waals surface area contributed by atoms with E-state index >= 15 is 0 Å². The normalized spacial score (nSPS) is 25.7. The number of rotatable bonds is 1. The fourth-order valence-corrected chi connectivity index (χ4v) is 3.02. The third-order valence-corrected chi connectivity index (χ3v) is 4.02. The average Bonchev–Trinajstić information content (AvgIpc) is 2.72. The minimum Gasteiger partial charge on any atom is -0.350 e. The molecule has 3 rings (SSSR count). The summed E-state index contributed by atoms with van der Waals surface area (Å²) in [6.45, 7) is 0.954. The van der Waals surface area contributed by atoms with E-state index in [2.05, 4.69) is 46.9 Å². The van der Waals surface area contributed by atoms with Crippen LogP contribution in [0.2, 0.25) is 0 Å². The van der Waals surface area contributed by atoms with Crippen LogP contribution in [-0.2, 0) is 7.05 Å². The standard InChI is InChI=1S/C14H20N4/c1-17-8-6-11-12(17)5-7-16-14(11)13-4-3-10(15)9-18(13)2/h5-8,10,13H,3-4,9,15H2,1-2H3. The first-order valence-electron chi connectivity index (χ1n) is 6.52. The van der Waals surface area contributed by atoms with E-state index < -0.39 is 0 Å². The molecule has 96 valence electrons. The Morgan fingerprint density at radius 1 is 1.28 bits per heavy atom. The molecule has 1 aliphatic heterocycles. The highest BCUT2D eigenvalue weighted by Gasteiger charge is 2.27.